The van der Waals surface area contributed by atoms with Gasteiger partial charge in [-0.1, -0.05) is 11.6 Å². The molecule has 206 valence electrons. The van der Waals surface area contributed by atoms with E-state index in [1.165, 1.54) is 12.4 Å². The molecule has 0 aromatic carbocycles. The lowest BCUT2D eigenvalue weighted by Crippen LogP contribution is -2.32. The van der Waals surface area contributed by atoms with Gasteiger partial charge in [0.15, 0.2) is 27.2 Å². The zero-order valence-corrected chi connectivity index (χ0v) is 23.4. The van der Waals surface area contributed by atoms with E-state index in [2.05, 4.69) is 25.1 Å². The molecule has 0 saturated heterocycles. The molecular formula is C24H31ClN6O6S. The van der Waals surface area contributed by atoms with Crippen LogP contribution >= 0.6 is 11.6 Å². The first-order chi connectivity index (χ1) is 18.2. The summed E-state index contributed by atoms with van der Waals surface area (Å²) < 4.78 is 52.3. The minimum atomic E-state index is -3.84. The van der Waals surface area contributed by atoms with Gasteiger partial charge < -0.3 is 23.5 Å². The maximum Gasteiger partial charge on any atom is 0.257 e. The van der Waals surface area contributed by atoms with Crippen molar-refractivity contribution in [1.29, 1.82) is 0 Å². The average Bonchev–Trinajstić information content (AvgIpc) is 3.20. The van der Waals surface area contributed by atoms with Crippen molar-refractivity contribution in [2.24, 2.45) is 0 Å². The van der Waals surface area contributed by atoms with Gasteiger partial charge in [-0.15, -0.1) is 10.2 Å². The highest BCUT2D eigenvalue weighted by Gasteiger charge is 2.37. The standard InChI is InChI=1S/C24H31ClN6O6S/c1-6-35-24-21-18(7-8-26-24)23-30-29-19(31(23)17(11-34-5)12-36-21)13-38(32,33)15(4)20(37-14(2)3)22-27-9-16(25)10-28-22/h7-10,14-15,17,20H,6,11-13H2,1-5H3/t15-,17+,20-/m0/s1. The summed E-state index contributed by atoms with van der Waals surface area (Å²) in [6.07, 6.45) is 3.23. The number of hydrogen-bond acceptors (Lipinski definition) is 11. The van der Waals surface area contributed by atoms with E-state index in [9.17, 15) is 8.42 Å². The van der Waals surface area contributed by atoms with Crippen LogP contribution in [0.5, 0.6) is 11.6 Å². The first-order valence-corrected chi connectivity index (χ1v) is 14.3. The molecule has 0 spiro atoms. The topological polar surface area (TPSA) is 140 Å². The first-order valence-electron chi connectivity index (χ1n) is 12.2. The van der Waals surface area contributed by atoms with Gasteiger partial charge in [0.05, 0.1) is 41.2 Å². The zero-order chi connectivity index (χ0) is 27.4. The Hall–Kier alpha value is -2.87. The van der Waals surface area contributed by atoms with Crippen molar-refractivity contribution < 1.29 is 27.4 Å². The lowest BCUT2D eigenvalue weighted by Gasteiger charge is -2.25. The van der Waals surface area contributed by atoms with Gasteiger partial charge in [0.25, 0.3) is 5.88 Å². The molecule has 0 amide bonds. The summed E-state index contributed by atoms with van der Waals surface area (Å²) in [4.78, 5) is 12.7. The summed E-state index contributed by atoms with van der Waals surface area (Å²) in [6, 6.07) is 1.34. The molecular weight excluding hydrogens is 536 g/mol. The third-order valence-electron chi connectivity index (χ3n) is 5.94. The van der Waals surface area contributed by atoms with Crippen LogP contribution in [0.25, 0.3) is 11.4 Å². The second-order valence-electron chi connectivity index (χ2n) is 9.03. The van der Waals surface area contributed by atoms with Crippen LogP contribution in [0.4, 0.5) is 0 Å². The number of pyridine rings is 1. The lowest BCUT2D eigenvalue weighted by atomic mass is 10.2. The van der Waals surface area contributed by atoms with Crippen LogP contribution in [0.2, 0.25) is 5.02 Å². The van der Waals surface area contributed by atoms with E-state index in [-0.39, 0.29) is 31.0 Å². The van der Waals surface area contributed by atoms with Crippen LogP contribution in [0.3, 0.4) is 0 Å². The Balaban J connectivity index is 1.72. The Kier molecular flexibility index (Phi) is 8.81. The van der Waals surface area contributed by atoms with Crippen LogP contribution in [0.15, 0.2) is 24.7 Å². The lowest BCUT2D eigenvalue weighted by molar-refractivity contribution is 0.00142. The van der Waals surface area contributed by atoms with E-state index in [0.29, 0.717) is 34.6 Å². The van der Waals surface area contributed by atoms with Gasteiger partial charge in [-0.2, -0.15) is 0 Å². The van der Waals surface area contributed by atoms with Crippen LogP contribution in [0, 0.1) is 0 Å². The van der Waals surface area contributed by atoms with Gasteiger partial charge in [0, 0.05) is 25.7 Å². The zero-order valence-electron chi connectivity index (χ0n) is 21.9. The van der Waals surface area contributed by atoms with E-state index in [0.717, 1.165) is 0 Å². The maximum atomic E-state index is 13.7. The summed E-state index contributed by atoms with van der Waals surface area (Å²) in [5, 5.41) is 7.99. The van der Waals surface area contributed by atoms with Crippen LogP contribution in [-0.2, 0) is 25.1 Å². The monoisotopic (exact) mass is 566 g/mol. The molecule has 0 bridgehead atoms. The van der Waals surface area contributed by atoms with E-state index in [4.69, 9.17) is 30.5 Å². The van der Waals surface area contributed by atoms with Crippen molar-refractivity contribution in [3.05, 3.63) is 41.3 Å². The van der Waals surface area contributed by atoms with Crippen LogP contribution in [-0.4, -0.2) is 76.4 Å². The number of fused-ring (bicyclic) bond motifs is 3. The van der Waals surface area contributed by atoms with Gasteiger partial charge in [0.2, 0.25) is 0 Å². The predicted molar refractivity (Wildman–Crippen MR) is 139 cm³/mol. The largest absolute Gasteiger partial charge is 0.485 e. The molecule has 3 aromatic rings. The second-order valence-corrected chi connectivity index (χ2v) is 11.8. The Morgan fingerprint density at radius 2 is 1.92 bits per heavy atom. The van der Waals surface area contributed by atoms with Gasteiger partial charge in [-0.3, -0.25) is 0 Å². The molecule has 0 unspecified atom stereocenters. The molecule has 4 heterocycles. The van der Waals surface area contributed by atoms with Crippen molar-refractivity contribution in [1.82, 2.24) is 29.7 Å². The highest BCUT2D eigenvalue weighted by Crippen LogP contribution is 2.40. The normalized spacial score (nSPS) is 16.8. The highest BCUT2D eigenvalue weighted by atomic mass is 35.5. The van der Waals surface area contributed by atoms with Crippen LogP contribution in [0.1, 0.15) is 51.5 Å². The molecule has 38 heavy (non-hydrogen) atoms. The number of ether oxygens (including phenoxy) is 4. The molecule has 0 saturated carbocycles. The molecule has 3 atom stereocenters. The summed E-state index contributed by atoms with van der Waals surface area (Å²) in [5.74, 6) is 1.28. The molecule has 12 nitrogen and oxygen atoms in total. The molecule has 3 aromatic heterocycles. The number of sulfone groups is 1. The van der Waals surface area contributed by atoms with Gasteiger partial charge in [-0.05, 0) is 33.8 Å². The minimum Gasteiger partial charge on any atom is -0.485 e. The van der Waals surface area contributed by atoms with Gasteiger partial charge in [-0.25, -0.2) is 23.4 Å². The Morgan fingerprint density at radius 3 is 2.58 bits per heavy atom. The van der Waals surface area contributed by atoms with Crippen LogP contribution < -0.4 is 9.47 Å². The maximum absolute atomic E-state index is 13.7. The summed E-state index contributed by atoms with van der Waals surface area (Å²) in [5.41, 5.74) is 0.599. The van der Waals surface area contributed by atoms with Crippen molar-refractivity contribution in [2.45, 2.75) is 56.9 Å². The molecule has 1 aliphatic heterocycles. The molecule has 4 rings (SSSR count). The van der Waals surface area contributed by atoms with E-state index >= 15 is 0 Å². The fourth-order valence-electron chi connectivity index (χ4n) is 4.19. The van der Waals surface area contributed by atoms with Crippen molar-refractivity contribution >= 4 is 21.4 Å². The fraction of sp³-hybridized carbons (Fsp3) is 0.542. The van der Waals surface area contributed by atoms with E-state index in [1.807, 2.05) is 20.8 Å². The number of nitrogens with zero attached hydrogens (tertiary/aromatic N) is 6. The number of aromatic nitrogens is 6. The van der Waals surface area contributed by atoms with Crippen molar-refractivity contribution in [3.63, 3.8) is 0 Å². The summed E-state index contributed by atoms with van der Waals surface area (Å²) in [7, 11) is -2.28. The van der Waals surface area contributed by atoms with E-state index in [1.54, 1.807) is 30.9 Å². The molecule has 0 N–H and O–H groups in total. The Bertz CT molecular complexity index is 1350. The molecule has 0 radical (unpaired) electrons. The SMILES string of the molecule is CCOc1nccc2c1OC[C@@H](COC)n1c(CS(=O)(=O)[C@@H](C)[C@H](OC(C)C)c3ncc(Cl)cn3)nnc1-2. The third-order valence-corrected chi connectivity index (χ3v) is 8.18. The number of hydrogen-bond donors (Lipinski definition) is 0. The van der Waals surface area contributed by atoms with Gasteiger partial charge >= 0.3 is 0 Å². The smallest absolute Gasteiger partial charge is 0.257 e. The molecule has 1 aliphatic rings. The van der Waals surface area contributed by atoms with Gasteiger partial charge in [0.1, 0.15) is 24.3 Å². The Morgan fingerprint density at radius 1 is 1.18 bits per heavy atom. The average molecular weight is 567 g/mol. The molecule has 0 fully saturated rings. The first kappa shape index (κ1) is 28.1. The molecule has 14 heteroatoms. The minimum absolute atomic E-state index is 0.179. The van der Waals surface area contributed by atoms with Crippen molar-refractivity contribution in [3.8, 4) is 23.0 Å². The second kappa shape index (κ2) is 11.9. The van der Waals surface area contributed by atoms with Crippen molar-refractivity contribution in [2.75, 3.05) is 26.9 Å². The van der Waals surface area contributed by atoms with E-state index < -0.39 is 33.0 Å². The summed E-state index contributed by atoms with van der Waals surface area (Å²) >= 11 is 5.94. The molecule has 0 aliphatic carbocycles. The predicted octanol–water partition coefficient (Wildman–Crippen LogP) is 3.23. The number of methoxy groups -OCH3 is 1. The fourth-order valence-corrected chi connectivity index (χ4v) is 5.67. The quantitative estimate of drug-likeness (QED) is 0.337. The third kappa shape index (κ3) is 5.90. The summed E-state index contributed by atoms with van der Waals surface area (Å²) in [6.45, 7) is 7.89. The number of halogens is 1. The number of rotatable bonds is 11. The highest BCUT2D eigenvalue weighted by molar-refractivity contribution is 7.91. The Labute approximate surface area is 226 Å².